The third-order valence-electron chi connectivity index (χ3n) is 4.55. The summed E-state index contributed by atoms with van der Waals surface area (Å²) < 4.78 is 0. The SMILES string of the molecule is CNCc1cc(N(CC2CC2)C2CC2)c2ccccc2n1. The van der Waals surface area contributed by atoms with Gasteiger partial charge in [-0.15, -0.1) is 0 Å². The van der Waals surface area contributed by atoms with Crippen LogP contribution < -0.4 is 10.2 Å². The van der Waals surface area contributed by atoms with Crippen molar-refractivity contribution in [1.29, 1.82) is 0 Å². The van der Waals surface area contributed by atoms with E-state index in [9.17, 15) is 0 Å². The normalized spacial score (nSPS) is 18.1. The molecule has 3 nitrogen and oxygen atoms in total. The van der Waals surface area contributed by atoms with E-state index in [0.717, 1.165) is 29.7 Å². The highest BCUT2D eigenvalue weighted by Gasteiger charge is 2.34. The molecule has 2 aliphatic rings. The van der Waals surface area contributed by atoms with Crippen LogP contribution in [0.3, 0.4) is 0 Å². The predicted octanol–water partition coefficient (Wildman–Crippen LogP) is 3.33. The zero-order valence-corrected chi connectivity index (χ0v) is 12.7. The third kappa shape index (κ3) is 2.75. The van der Waals surface area contributed by atoms with E-state index >= 15 is 0 Å². The molecule has 4 rings (SSSR count). The molecule has 0 radical (unpaired) electrons. The molecule has 0 atom stereocenters. The molecule has 1 aromatic carbocycles. The van der Waals surface area contributed by atoms with E-state index < -0.39 is 0 Å². The van der Waals surface area contributed by atoms with E-state index in [1.165, 1.54) is 43.3 Å². The smallest absolute Gasteiger partial charge is 0.0726 e. The summed E-state index contributed by atoms with van der Waals surface area (Å²) in [6, 6.07) is 11.7. The van der Waals surface area contributed by atoms with Crippen molar-refractivity contribution in [1.82, 2.24) is 10.3 Å². The highest BCUT2D eigenvalue weighted by molar-refractivity contribution is 5.92. The predicted molar refractivity (Wildman–Crippen MR) is 87.6 cm³/mol. The van der Waals surface area contributed by atoms with Crippen molar-refractivity contribution >= 4 is 16.6 Å². The second-order valence-electron chi connectivity index (χ2n) is 6.51. The number of pyridine rings is 1. The van der Waals surface area contributed by atoms with Crippen LogP contribution in [0.15, 0.2) is 30.3 Å². The Morgan fingerprint density at radius 3 is 2.71 bits per heavy atom. The summed E-state index contributed by atoms with van der Waals surface area (Å²) in [6.45, 7) is 2.07. The van der Waals surface area contributed by atoms with Gasteiger partial charge in [0.25, 0.3) is 0 Å². The fourth-order valence-corrected chi connectivity index (χ4v) is 3.13. The molecule has 0 aliphatic heterocycles. The van der Waals surface area contributed by atoms with Crippen LogP contribution in [0.1, 0.15) is 31.4 Å². The number of hydrogen-bond donors (Lipinski definition) is 1. The van der Waals surface area contributed by atoms with Crippen molar-refractivity contribution in [2.45, 2.75) is 38.3 Å². The van der Waals surface area contributed by atoms with Gasteiger partial charge in [-0.1, -0.05) is 18.2 Å². The second kappa shape index (κ2) is 5.30. The minimum atomic E-state index is 0.763. The Bertz CT molecular complexity index is 644. The van der Waals surface area contributed by atoms with Crippen molar-refractivity contribution in [3.05, 3.63) is 36.0 Å². The summed E-state index contributed by atoms with van der Waals surface area (Å²) in [5, 5.41) is 4.54. The summed E-state index contributed by atoms with van der Waals surface area (Å²) in [4.78, 5) is 7.46. The van der Waals surface area contributed by atoms with Crippen LogP contribution >= 0.6 is 0 Å². The van der Waals surface area contributed by atoms with Crippen LogP contribution in [0, 0.1) is 5.92 Å². The molecular weight excluding hydrogens is 258 g/mol. The Morgan fingerprint density at radius 2 is 2.00 bits per heavy atom. The van der Waals surface area contributed by atoms with Gasteiger partial charge in [-0.3, -0.25) is 4.98 Å². The maximum absolute atomic E-state index is 4.79. The Balaban J connectivity index is 1.79. The number of aromatic nitrogens is 1. The molecule has 110 valence electrons. The van der Waals surface area contributed by atoms with Gasteiger partial charge in [0, 0.05) is 30.2 Å². The van der Waals surface area contributed by atoms with E-state index in [1.807, 2.05) is 7.05 Å². The first-order valence-corrected chi connectivity index (χ1v) is 8.15. The van der Waals surface area contributed by atoms with Gasteiger partial charge >= 0.3 is 0 Å². The standard InChI is InChI=1S/C18H23N3/c1-19-11-14-10-18(16-4-2-3-5-17(16)20-14)21(15-8-9-15)12-13-6-7-13/h2-5,10,13,15,19H,6-9,11-12H2,1H3. The maximum Gasteiger partial charge on any atom is 0.0726 e. The van der Waals surface area contributed by atoms with E-state index in [-0.39, 0.29) is 0 Å². The summed E-state index contributed by atoms with van der Waals surface area (Å²) in [6.07, 6.45) is 5.53. The van der Waals surface area contributed by atoms with Crippen molar-refractivity contribution < 1.29 is 0 Å². The lowest BCUT2D eigenvalue weighted by molar-refractivity contribution is 0.718. The van der Waals surface area contributed by atoms with Gasteiger partial charge in [0.1, 0.15) is 0 Å². The highest BCUT2D eigenvalue weighted by Crippen LogP contribution is 2.40. The lowest BCUT2D eigenvalue weighted by Gasteiger charge is -2.26. The van der Waals surface area contributed by atoms with Gasteiger partial charge < -0.3 is 10.2 Å². The number of benzene rings is 1. The summed E-state index contributed by atoms with van der Waals surface area (Å²) in [7, 11) is 1.99. The third-order valence-corrected chi connectivity index (χ3v) is 4.55. The molecule has 0 bridgehead atoms. The number of nitrogens with zero attached hydrogens (tertiary/aromatic N) is 2. The maximum atomic E-state index is 4.79. The number of anilines is 1. The van der Waals surface area contributed by atoms with Crippen molar-refractivity contribution in [2.75, 3.05) is 18.5 Å². The van der Waals surface area contributed by atoms with Crippen LogP contribution in [0.25, 0.3) is 10.9 Å². The lowest BCUT2D eigenvalue weighted by atomic mass is 10.1. The molecule has 2 fully saturated rings. The number of rotatable bonds is 6. The molecule has 21 heavy (non-hydrogen) atoms. The van der Waals surface area contributed by atoms with Crippen LogP contribution in [0.5, 0.6) is 0 Å². The Morgan fingerprint density at radius 1 is 1.19 bits per heavy atom. The molecule has 2 saturated carbocycles. The minimum absolute atomic E-state index is 0.763. The van der Waals surface area contributed by atoms with Crippen LogP contribution in [0.2, 0.25) is 0 Å². The molecule has 0 saturated heterocycles. The molecule has 3 heteroatoms. The molecule has 1 aromatic heterocycles. The zero-order valence-electron chi connectivity index (χ0n) is 12.7. The first-order valence-electron chi connectivity index (χ1n) is 8.15. The Kier molecular flexibility index (Phi) is 3.30. The first-order chi connectivity index (χ1) is 10.3. The Labute approximate surface area is 126 Å². The van der Waals surface area contributed by atoms with Crippen LogP contribution in [-0.2, 0) is 6.54 Å². The first kappa shape index (κ1) is 13.1. The highest BCUT2D eigenvalue weighted by atomic mass is 15.2. The molecule has 0 amide bonds. The molecule has 0 unspecified atom stereocenters. The van der Waals surface area contributed by atoms with Gasteiger partial charge in [0.05, 0.1) is 11.2 Å². The van der Waals surface area contributed by atoms with Crippen molar-refractivity contribution in [3.63, 3.8) is 0 Å². The van der Waals surface area contributed by atoms with Gasteiger partial charge in [-0.2, -0.15) is 0 Å². The molecule has 2 aromatic rings. The zero-order chi connectivity index (χ0) is 14.2. The minimum Gasteiger partial charge on any atom is -0.368 e. The molecule has 1 N–H and O–H groups in total. The number of hydrogen-bond acceptors (Lipinski definition) is 3. The van der Waals surface area contributed by atoms with Gasteiger partial charge in [-0.05, 0) is 50.8 Å². The summed E-state index contributed by atoms with van der Waals surface area (Å²) >= 11 is 0. The number of para-hydroxylation sites is 1. The summed E-state index contributed by atoms with van der Waals surface area (Å²) in [5.74, 6) is 0.922. The van der Waals surface area contributed by atoms with Crippen LogP contribution in [0.4, 0.5) is 5.69 Å². The topological polar surface area (TPSA) is 28.2 Å². The molecule has 2 aliphatic carbocycles. The second-order valence-corrected chi connectivity index (χ2v) is 6.51. The van der Waals surface area contributed by atoms with E-state index in [2.05, 4.69) is 40.5 Å². The molecule has 1 heterocycles. The van der Waals surface area contributed by atoms with Crippen LogP contribution in [-0.4, -0.2) is 24.6 Å². The van der Waals surface area contributed by atoms with Gasteiger partial charge in [-0.25, -0.2) is 0 Å². The number of nitrogens with one attached hydrogen (secondary N) is 1. The summed E-state index contributed by atoms with van der Waals surface area (Å²) in [5.41, 5.74) is 3.68. The largest absolute Gasteiger partial charge is 0.368 e. The Hall–Kier alpha value is -1.61. The van der Waals surface area contributed by atoms with E-state index in [1.54, 1.807) is 0 Å². The lowest BCUT2D eigenvalue weighted by Crippen LogP contribution is -2.28. The van der Waals surface area contributed by atoms with Crippen molar-refractivity contribution in [3.8, 4) is 0 Å². The fraction of sp³-hybridized carbons (Fsp3) is 0.500. The van der Waals surface area contributed by atoms with Gasteiger partial charge in [0.2, 0.25) is 0 Å². The van der Waals surface area contributed by atoms with E-state index in [0.29, 0.717) is 0 Å². The number of fused-ring (bicyclic) bond motifs is 1. The van der Waals surface area contributed by atoms with E-state index in [4.69, 9.17) is 4.98 Å². The average Bonchev–Trinajstić information content (AvgIpc) is 3.38. The van der Waals surface area contributed by atoms with Crippen molar-refractivity contribution in [2.24, 2.45) is 5.92 Å². The monoisotopic (exact) mass is 281 g/mol. The molecular formula is C18H23N3. The molecule has 0 spiro atoms. The van der Waals surface area contributed by atoms with Gasteiger partial charge in [0.15, 0.2) is 0 Å². The fourth-order valence-electron chi connectivity index (χ4n) is 3.13. The average molecular weight is 281 g/mol. The quantitative estimate of drug-likeness (QED) is 0.880.